The number of hydrogen-bond donors (Lipinski definition) is 1. The Morgan fingerprint density at radius 2 is 2.10 bits per heavy atom. The Morgan fingerprint density at radius 3 is 2.76 bits per heavy atom. The summed E-state index contributed by atoms with van der Waals surface area (Å²) in [4.78, 5) is 1.13. The van der Waals surface area contributed by atoms with E-state index in [4.69, 9.17) is 0 Å². The summed E-state index contributed by atoms with van der Waals surface area (Å²) in [6, 6.07) is 6.91. The van der Waals surface area contributed by atoms with Gasteiger partial charge in [-0.25, -0.2) is 12.8 Å². The smallest absolute Gasteiger partial charge is 0.147 e. The first-order valence-corrected chi connectivity index (χ1v) is 9.87. The normalized spacial score (nSPS) is 13.7. The fourth-order valence-electron chi connectivity index (χ4n) is 2.35. The van der Waals surface area contributed by atoms with Crippen molar-refractivity contribution in [2.75, 3.05) is 18.6 Å². The molecule has 6 heteroatoms. The van der Waals surface area contributed by atoms with Gasteiger partial charge in [0.25, 0.3) is 0 Å². The second kappa shape index (κ2) is 6.85. The third-order valence-electron chi connectivity index (χ3n) is 3.30. The van der Waals surface area contributed by atoms with Gasteiger partial charge in [-0.2, -0.15) is 0 Å². The van der Waals surface area contributed by atoms with Crippen LogP contribution in [0.1, 0.15) is 30.7 Å². The summed E-state index contributed by atoms with van der Waals surface area (Å²) in [5.41, 5.74) is 0. The van der Waals surface area contributed by atoms with Crippen LogP contribution in [0.2, 0.25) is 0 Å². The van der Waals surface area contributed by atoms with Crippen LogP contribution in [0.5, 0.6) is 0 Å². The van der Waals surface area contributed by atoms with E-state index in [0.717, 1.165) is 27.9 Å². The van der Waals surface area contributed by atoms with Crippen molar-refractivity contribution in [2.24, 2.45) is 0 Å². The lowest BCUT2D eigenvalue weighted by atomic mass is 10.1. The zero-order valence-electron chi connectivity index (χ0n) is 12.2. The molecule has 0 aliphatic rings. The fraction of sp³-hybridized carbons (Fsp3) is 0.467. The van der Waals surface area contributed by atoms with Crippen molar-refractivity contribution >= 4 is 31.3 Å². The van der Waals surface area contributed by atoms with Crippen molar-refractivity contribution in [1.82, 2.24) is 5.32 Å². The number of halogens is 1. The van der Waals surface area contributed by atoms with E-state index in [1.807, 2.05) is 13.0 Å². The lowest BCUT2D eigenvalue weighted by molar-refractivity contribution is 0.514. The molecule has 2 rings (SSSR count). The zero-order chi connectivity index (χ0) is 15.5. The first kappa shape index (κ1) is 16.4. The van der Waals surface area contributed by atoms with E-state index in [2.05, 4.69) is 5.32 Å². The first-order valence-electron chi connectivity index (χ1n) is 6.99. The van der Waals surface area contributed by atoms with Crippen molar-refractivity contribution in [1.29, 1.82) is 0 Å². The van der Waals surface area contributed by atoms with Crippen molar-refractivity contribution < 1.29 is 12.8 Å². The quantitative estimate of drug-likeness (QED) is 0.845. The van der Waals surface area contributed by atoms with Gasteiger partial charge in [0.15, 0.2) is 0 Å². The number of fused-ring (bicyclic) bond motifs is 1. The molecule has 0 fully saturated rings. The highest BCUT2D eigenvalue weighted by Crippen LogP contribution is 2.32. The highest BCUT2D eigenvalue weighted by molar-refractivity contribution is 7.90. The molecule has 0 radical (unpaired) electrons. The van der Waals surface area contributed by atoms with Gasteiger partial charge in [-0.3, -0.25) is 0 Å². The van der Waals surface area contributed by atoms with Crippen molar-refractivity contribution in [2.45, 2.75) is 25.8 Å². The van der Waals surface area contributed by atoms with Gasteiger partial charge in [0, 0.05) is 27.6 Å². The van der Waals surface area contributed by atoms with Crippen LogP contribution in [0.4, 0.5) is 4.39 Å². The molecule has 1 unspecified atom stereocenters. The number of rotatable bonds is 7. The monoisotopic (exact) mass is 329 g/mol. The molecule has 0 saturated carbocycles. The minimum atomic E-state index is -2.92. The SMILES string of the molecule is CCNC(CCCS(C)(=O)=O)c1cc2cc(F)ccc2s1. The summed E-state index contributed by atoms with van der Waals surface area (Å²) in [5, 5.41) is 4.29. The Balaban J connectivity index is 2.15. The van der Waals surface area contributed by atoms with Crippen LogP contribution in [0.25, 0.3) is 10.1 Å². The Hall–Kier alpha value is -0.980. The molecule has 0 saturated heterocycles. The molecule has 0 bridgehead atoms. The molecule has 21 heavy (non-hydrogen) atoms. The summed E-state index contributed by atoms with van der Waals surface area (Å²) in [6.45, 7) is 2.84. The first-order chi connectivity index (χ1) is 9.89. The standard InChI is InChI=1S/C15H20FNO2S2/c1-3-17-13(5-4-8-21(2,18)19)15-10-11-9-12(16)6-7-14(11)20-15/h6-7,9-10,13,17H,3-5,8H2,1-2H3. The highest BCUT2D eigenvalue weighted by atomic mass is 32.2. The van der Waals surface area contributed by atoms with Gasteiger partial charge in [0.05, 0.1) is 0 Å². The lowest BCUT2D eigenvalue weighted by Gasteiger charge is -2.15. The molecule has 1 atom stereocenters. The Bertz CT molecular complexity index is 710. The molecule has 116 valence electrons. The predicted octanol–water partition coefficient (Wildman–Crippen LogP) is 3.52. The Labute approximate surface area is 129 Å². The molecule has 1 aromatic carbocycles. The van der Waals surface area contributed by atoms with Gasteiger partial charge in [0.2, 0.25) is 0 Å². The Kier molecular flexibility index (Phi) is 5.35. The molecule has 0 aliphatic heterocycles. The molecule has 1 heterocycles. The summed E-state index contributed by atoms with van der Waals surface area (Å²) in [7, 11) is -2.92. The summed E-state index contributed by atoms with van der Waals surface area (Å²) in [6.07, 6.45) is 2.65. The number of hydrogen-bond acceptors (Lipinski definition) is 4. The number of benzene rings is 1. The maximum absolute atomic E-state index is 13.3. The maximum atomic E-state index is 13.3. The largest absolute Gasteiger partial charge is 0.310 e. The fourth-order valence-corrected chi connectivity index (χ4v) is 4.19. The van der Waals surface area contributed by atoms with Crippen LogP contribution < -0.4 is 5.32 Å². The van der Waals surface area contributed by atoms with E-state index < -0.39 is 9.84 Å². The van der Waals surface area contributed by atoms with Gasteiger partial charge in [-0.15, -0.1) is 11.3 Å². The van der Waals surface area contributed by atoms with Gasteiger partial charge >= 0.3 is 0 Å². The minimum absolute atomic E-state index is 0.122. The molecular weight excluding hydrogens is 309 g/mol. The van der Waals surface area contributed by atoms with Gasteiger partial charge in [-0.1, -0.05) is 6.92 Å². The molecular formula is C15H20FNO2S2. The van der Waals surface area contributed by atoms with Crippen LogP contribution in [0.3, 0.4) is 0 Å². The third kappa shape index (κ3) is 4.76. The second-order valence-electron chi connectivity index (χ2n) is 5.21. The lowest BCUT2D eigenvalue weighted by Crippen LogP contribution is -2.20. The summed E-state index contributed by atoms with van der Waals surface area (Å²) in [5.74, 6) is -0.0297. The van der Waals surface area contributed by atoms with Crippen LogP contribution in [-0.2, 0) is 9.84 Å². The maximum Gasteiger partial charge on any atom is 0.147 e. The van der Waals surface area contributed by atoms with E-state index >= 15 is 0 Å². The van der Waals surface area contributed by atoms with Crippen molar-refractivity contribution in [3.63, 3.8) is 0 Å². The second-order valence-corrected chi connectivity index (χ2v) is 8.59. The van der Waals surface area contributed by atoms with Crippen molar-refractivity contribution in [3.05, 3.63) is 35.0 Å². The minimum Gasteiger partial charge on any atom is -0.310 e. The predicted molar refractivity (Wildman–Crippen MR) is 87.1 cm³/mol. The molecule has 0 spiro atoms. The van der Waals surface area contributed by atoms with E-state index in [1.165, 1.54) is 18.4 Å². The van der Waals surface area contributed by atoms with Crippen LogP contribution in [-0.4, -0.2) is 27.0 Å². The van der Waals surface area contributed by atoms with E-state index in [-0.39, 0.29) is 17.6 Å². The van der Waals surface area contributed by atoms with Gasteiger partial charge < -0.3 is 5.32 Å². The van der Waals surface area contributed by atoms with Crippen LogP contribution in [0, 0.1) is 5.82 Å². The van der Waals surface area contributed by atoms with Gasteiger partial charge in [0.1, 0.15) is 15.7 Å². The topological polar surface area (TPSA) is 46.2 Å². The molecule has 2 aromatic rings. The Morgan fingerprint density at radius 1 is 1.33 bits per heavy atom. The van der Waals surface area contributed by atoms with Crippen molar-refractivity contribution in [3.8, 4) is 0 Å². The average molecular weight is 329 g/mol. The highest BCUT2D eigenvalue weighted by Gasteiger charge is 2.15. The number of thiophene rings is 1. The third-order valence-corrected chi connectivity index (χ3v) is 5.56. The summed E-state index contributed by atoms with van der Waals surface area (Å²) < 4.78 is 36.8. The molecule has 0 amide bonds. The van der Waals surface area contributed by atoms with E-state index in [9.17, 15) is 12.8 Å². The summed E-state index contributed by atoms with van der Waals surface area (Å²) >= 11 is 1.63. The number of sulfone groups is 1. The molecule has 1 aromatic heterocycles. The zero-order valence-corrected chi connectivity index (χ0v) is 13.9. The molecule has 3 nitrogen and oxygen atoms in total. The molecule has 1 N–H and O–H groups in total. The van der Waals surface area contributed by atoms with Crippen LogP contribution >= 0.6 is 11.3 Å². The van der Waals surface area contributed by atoms with Crippen LogP contribution in [0.15, 0.2) is 24.3 Å². The van der Waals surface area contributed by atoms with E-state index in [1.54, 1.807) is 17.4 Å². The number of nitrogens with one attached hydrogen (secondary N) is 1. The average Bonchev–Trinajstić information content (AvgIpc) is 2.79. The molecule has 0 aliphatic carbocycles. The van der Waals surface area contributed by atoms with Gasteiger partial charge in [-0.05, 0) is 49.0 Å². The van der Waals surface area contributed by atoms with E-state index in [0.29, 0.717) is 6.42 Å².